The molecule has 1 heterocycles. The quantitative estimate of drug-likeness (QED) is 0.771. The first-order valence-electron chi connectivity index (χ1n) is 7.82. The minimum Gasteiger partial charge on any atom is -0.335 e. The number of carbonyl (C=O) groups is 1. The molecule has 2 fully saturated rings. The maximum Gasteiger partial charge on any atom is 0.254 e. The van der Waals surface area contributed by atoms with Gasteiger partial charge in [-0.3, -0.25) is 4.79 Å². The van der Waals surface area contributed by atoms with Crippen LogP contribution in [0.5, 0.6) is 0 Å². The van der Waals surface area contributed by atoms with Gasteiger partial charge >= 0.3 is 0 Å². The zero-order valence-electron chi connectivity index (χ0n) is 11.9. The molecular weight excluding hydrogens is 314 g/mol. The monoisotopic (exact) mass is 335 g/mol. The van der Waals surface area contributed by atoms with Crippen molar-refractivity contribution in [2.24, 2.45) is 5.92 Å². The van der Waals surface area contributed by atoms with Crippen molar-refractivity contribution < 1.29 is 4.79 Å². The Morgan fingerprint density at radius 3 is 2.65 bits per heavy atom. The number of hydrogen-bond donors (Lipinski definition) is 0. The molecule has 0 bridgehead atoms. The van der Waals surface area contributed by atoms with E-state index in [-0.39, 0.29) is 5.91 Å². The van der Waals surface area contributed by atoms with Crippen molar-refractivity contribution in [1.82, 2.24) is 4.90 Å². The minimum absolute atomic E-state index is 0.222. The van der Waals surface area contributed by atoms with Crippen LogP contribution in [0.1, 0.15) is 55.3 Å². The molecule has 1 saturated heterocycles. The number of halogens is 1. The summed E-state index contributed by atoms with van der Waals surface area (Å²) < 4.78 is 0.983. The van der Waals surface area contributed by atoms with Gasteiger partial charge in [0.15, 0.2) is 0 Å². The molecule has 1 unspecified atom stereocenters. The SMILES string of the molecule is O=C(c1cccc(Br)c1)N1CCCC1C1CCCCC1. The van der Waals surface area contributed by atoms with Crippen molar-refractivity contribution in [3.63, 3.8) is 0 Å². The van der Waals surface area contributed by atoms with Crippen molar-refractivity contribution in [3.05, 3.63) is 34.3 Å². The second-order valence-corrected chi connectivity index (χ2v) is 7.03. The van der Waals surface area contributed by atoms with Crippen LogP contribution in [0.2, 0.25) is 0 Å². The number of nitrogens with zero attached hydrogens (tertiary/aromatic N) is 1. The number of rotatable bonds is 2. The fourth-order valence-electron chi connectivity index (χ4n) is 3.84. The number of amides is 1. The van der Waals surface area contributed by atoms with Crippen LogP contribution in [0, 0.1) is 5.92 Å². The van der Waals surface area contributed by atoms with E-state index in [2.05, 4.69) is 20.8 Å². The average Bonchev–Trinajstić information content (AvgIpc) is 2.97. The number of likely N-dealkylation sites (tertiary alicyclic amines) is 1. The average molecular weight is 336 g/mol. The highest BCUT2D eigenvalue weighted by Crippen LogP contribution is 2.35. The van der Waals surface area contributed by atoms with E-state index in [1.54, 1.807) is 0 Å². The van der Waals surface area contributed by atoms with Crippen LogP contribution < -0.4 is 0 Å². The third-order valence-corrected chi connectivity index (χ3v) is 5.32. The second-order valence-electron chi connectivity index (χ2n) is 6.12. The van der Waals surface area contributed by atoms with Crippen LogP contribution in [0.3, 0.4) is 0 Å². The van der Waals surface area contributed by atoms with Crippen molar-refractivity contribution >= 4 is 21.8 Å². The standard InChI is InChI=1S/C17H22BrNO/c18-15-9-4-8-14(12-15)17(20)19-11-5-10-16(19)13-6-2-1-3-7-13/h4,8-9,12-13,16H,1-3,5-7,10-11H2. The van der Waals surface area contributed by atoms with Crippen molar-refractivity contribution in [2.45, 2.75) is 51.0 Å². The number of benzene rings is 1. The largest absolute Gasteiger partial charge is 0.335 e. The second kappa shape index (κ2) is 6.30. The van der Waals surface area contributed by atoms with E-state index in [0.717, 1.165) is 22.5 Å². The third-order valence-electron chi connectivity index (χ3n) is 4.83. The van der Waals surface area contributed by atoms with Gasteiger partial charge in [0.2, 0.25) is 0 Å². The molecule has 1 aliphatic heterocycles. The molecular formula is C17H22BrNO. The first-order chi connectivity index (χ1) is 9.75. The predicted octanol–water partition coefficient (Wildman–Crippen LogP) is 4.63. The molecule has 1 aromatic carbocycles. The third kappa shape index (κ3) is 2.93. The Labute approximate surface area is 129 Å². The molecule has 1 amide bonds. The summed E-state index contributed by atoms with van der Waals surface area (Å²) in [6.45, 7) is 0.937. The summed E-state index contributed by atoms with van der Waals surface area (Å²) in [5.41, 5.74) is 0.821. The van der Waals surface area contributed by atoms with Gasteiger partial charge in [-0.1, -0.05) is 41.3 Å². The highest BCUT2D eigenvalue weighted by molar-refractivity contribution is 9.10. The molecule has 3 rings (SSSR count). The fourth-order valence-corrected chi connectivity index (χ4v) is 4.24. The van der Waals surface area contributed by atoms with Crippen molar-refractivity contribution in [3.8, 4) is 0 Å². The molecule has 2 aliphatic rings. The van der Waals surface area contributed by atoms with Crippen LogP contribution >= 0.6 is 15.9 Å². The summed E-state index contributed by atoms with van der Waals surface area (Å²) in [7, 11) is 0. The predicted molar refractivity (Wildman–Crippen MR) is 84.8 cm³/mol. The van der Waals surface area contributed by atoms with Gasteiger partial charge in [-0.15, -0.1) is 0 Å². The van der Waals surface area contributed by atoms with Crippen LogP contribution in [0.4, 0.5) is 0 Å². The van der Waals surface area contributed by atoms with Gasteiger partial charge in [0.05, 0.1) is 0 Å². The van der Waals surface area contributed by atoms with E-state index >= 15 is 0 Å². The summed E-state index contributed by atoms with van der Waals surface area (Å²) in [5.74, 6) is 0.960. The lowest BCUT2D eigenvalue weighted by molar-refractivity contribution is 0.0661. The lowest BCUT2D eigenvalue weighted by Gasteiger charge is -2.34. The summed E-state index contributed by atoms with van der Waals surface area (Å²) in [4.78, 5) is 14.9. The van der Waals surface area contributed by atoms with Gasteiger partial charge in [0, 0.05) is 22.6 Å². The highest BCUT2D eigenvalue weighted by Gasteiger charge is 2.35. The van der Waals surface area contributed by atoms with Crippen LogP contribution in [-0.4, -0.2) is 23.4 Å². The molecule has 1 aliphatic carbocycles. The maximum absolute atomic E-state index is 12.8. The van der Waals surface area contributed by atoms with Gasteiger partial charge in [0.25, 0.3) is 5.91 Å². The van der Waals surface area contributed by atoms with Gasteiger partial charge in [0.1, 0.15) is 0 Å². The van der Waals surface area contributed by atoms with E-state index in [1.807, 2.05) is 24.3 Å². The lowest BCUT2D eigenvalue weighted by atomic mass is 9.83. The molecule has 0 radical (unpaired) electrons. The molecule has 0 aromatic heterocycles. The van der Waals surface area contributed by atoms with E-state index in [0.29, 0.717) is 6.04 Å². The van der Waals surface area contributed by atoms with E-state index in [4.69, 9.17) is 0 Å². The Balaban J connectivity index is 1.76. The molecule has 0 N–H and O–H groups in total. The summed E-state index contributed by atoms with van der Waals surface area (Å²) in [5, 5.41) is 0. The van der Waals surface area contributed by atoms with Crippen molar-refractivity contribution in [1.29, 1.82) is 0 Å². The summed E-state index contributed by atoms with van der Waals surface area (Å²) in [6, 6.07) is 8.28. The van der Waals surface area contributed by atoms with Gasteiger partial charge in [-0.2, -0.15) is 0 Å². The Morgan fingerprint density at radius 1 is 1.10 bits per heavy atom. The molecule has 2 nitrogen and oxygen atoms in total. The highest BCUT2D eigenvalue weighted by atomic mass is 79.9. The van der Waals surface area contributed by atoms with Gasteiger partial charge in [-0.05, 0) is 49.8 Å². The first-order valence-corrected chi connectivity index (χ1v) is 8.61. The minimum atomic E-state index is 0.222. The Hall–Kier alpha value is -0.830. The molecule has 1 atom stereocenters. The molecule has 0 spiro atoms. The smallest absolute Gasteiger partial charge is 0.254 e. The molecule has 3 heteroatoms. The zero-order chi connectivity index (χ0) is 13.9. The zero-order valence-corrected chi connectivity index (χ0v) is 13.4. The summed E-state index contributed by atoms with van der Waals surface area (Å²) in [6.07, 6.45) is 9.06. The van der Waals surface area contributed by atoms with Crippen LogP contribution in [0.15, 0.2) is 28.7 Å². The van der Waals surface area contributed by atoms with Crippen LogP contribution in [-0.2, 0) is 0 Å². The van der Waals surface area contributed by atoms with E-state index in [9.17, 15) is 4.79 Å². The molecule has 1 aromatic rings. The van der Waals surface area contributed by atoms with Crippen molar-refractivity contribution in [2.75, 3.05) is 6.54 Å². The van der Waals surface area contributed by atoms with Gasteiger partial charge in [-0.25, -0.2) is 0 Å². The van der Waals surface area contributed by atoms with E-state index in [1.165, 1.54) is 44.9 Å². The lowest BCUT2D eigenvalue weighted by Crippen LogP contribution is -2.40. The summed E-state index contributed by atoms with van der Waals surface area (Å²) >= 11 is 3.46. The number of hydrogen-bond acceptors (Lipinski definition) is 1. The van der Waals surface area contributed by atoms with Crippen LogP contribution in [0.25, 0.3) is 0 Å². The Bertz CT molecular complexity index is 482. The fraction of sp³-hybridized carbons (Fsp3) is 0.588. The van der Waals surface area contributed by atoms with Gasteiger partial charge < -0.3 is 4.90 Å². The Morgan fingerprint density at radius 2 is 1.90 bits per heavy atom. The molecule has 1 saturated carbocycles. The Kier molecular flexibility index (Phi) is 4.45. The maximum atomic E-state index is 12.8. The first kappa shape index (κ1) is 14.1. The molecule has 108 valence electrons. The number of carbonyl (C=O) groups excluding carboxylic acids is 1. The van der Waals surface area contributed by atoms with E-state index < -0.39 is 0 Å². The molecule has 20 heavy (non-hydrogen) atoms. The topological polar surface area (TPSA) is 20.3 Å². The normalized spacial score (nSPS) is 24.1.